The molecule has 2 aliphatic carbocycles. The predicted molar refractivity (Wildman–Crippen MR) is 483 cm³/mol. The normalized spacial score (nSPS) is 12.0. The lowest BCUT2D eigenvalue weighted by molar-refractivity contribution is 1.07. The third-order valence-corrected chi connectivity index (χ3v) is 24.2. The lowest BCUT2D eigenvalue weighted by Crippen LogP contribution is -2.09. The molecule has 0 amide bonds. The van der Waals surface area contributed by atoms with E-state index in [2.05, 4.69) is 396 Å². The Hall–Kier alpha value is -15.4. The first-order chi connectivity index (χ1) is 57.1. The highest BCUT2D eigenvalue weighted by Gasteiger charge is 2.31. The number of hydrogen-bond acceptors (Lipinski definition) is 4. The molecule has 25 rings (SSSR count). The number of benzene rings is 20. The van der Waals surface area contributed by atoms with E-state index in [1.165, 1.54) is 169 Å². The monoisotopic (exact) mass is 1460 g/mol. The van der Waals surface area contributed by atoms with E-state index >= 15 is 0 Å². The van der Waals surface area contributed by atoms with Crippen LogP contribution in [0.5, 0.6) is 0 Å². The first kappa shape index (κ1) is 64.4. The number of aromatic nitrogens is 5. The highest BCUT2D eigenvalue weighted by Crippen LogP contribution is 2.57. The zero-order valence-corrected chi connectivity index (χ0v) is 62.3. The van der Waals surface area contributed by atoms with Gasteiger partial charge < -0.3 is 14.0 Å². The van der Waals surface area contributed by atoms with E-state index in [0.717, 1.165) is 50.5 Å². The summed E-state index contributed by atoms with van der Waals surface area (Å²) in [5.74, 6) is 1.94. The number of nitrogens with zero attached hydrogens (tertiary/aromatic N) is 6. The fourth-order valence-electron chi connectivity index (χ4n) is 19.3. The second-order valence-electron chi connectivity index (χ2n) is 30.4. The Balaban J connectivity index is 0.000000133. The smallest absolute Gasteiger partial charge is 0.164 e. The molecular weight excluding hydrogens is 1390 g/mol. The summed E-state index contributed by atoms with van der Waals surface area (Å²) in [5, 5.41) is 23.0. The number of para-hydroxylation sites is 2. The van der Waals surface area contributed by atoms with E-state index in [1.54, 1.807) is 0 Å². The van der Waals surface area contributed by atoms with Crippen molar-refractivity contribution in [2.75, 3.05) is 4.90 Å². The van der Waals surface area contributed by atoms with Crippen molar-refractivity contribution in [3.63, 3.8) is 0 Å². The van der Waals surface area contributed by atoms with Crippen LogP contribution in [0.1, 0.15) is 0 Å². The van der Waals surface area contributed by atoms with Gasteiger partial charge >= 0.3 is 0 Å². The summed E-state index contributed by atoms with van der Waals surface area (Å²) in [5.41, 5.74) is 26.1. The molecule has 0 radical (unpaired) electrons. The van der Waals surface area contributed by atoms with Crippen LogP contribution in [0.4, 0.5) is 17.1 Å². The van der Waals surface area contributed by atoms with Crippen LogP contribution < -0.4 is 4.90 Å². The lowest BCUT2D eigenvalue weighted by Gasteiger charge is -2.25. The lowest BCUT2D eigenvalue weighted by atomic mass is 9.84. The molecule has 0 unspecified atom stereocenters. The highest BCUT2D eigenvalue weighted by atomic mass is 15.1. The maximum atomic E-state index is 5.10. The minimum atomic E-state index is 0.638. The molecule has 0 saturated carbocycles. The molecule has 3 aromatic heterocycles. The summed E-state index contributed by atoms with van der Waals surface area (Å²) in [6.45, 7) is 0. The molecular formula is C109H66N6. The average molecular weight is 1460 g/mol. The Morgan fingerprint density at radius 1 is 0.183 bits per heavy atom. The van der Waals surface area contributed by atoms with E-state index in [4.69, 9.17) is 15.0 Å². The maximum absolute atomic E-state index is 5.10. The molecule has 20 aromatic carbocycles. The third kappa shape index (κ3) is 9.92. The summed E-state index contributed by atoms with van der Waals surface area (Å²) in [7, 11) is 0. The number of hydrogen-bond donors (Lipinski definition) is 0. The van der Waals surface area contributed by atoms with Gasteiger partial charge in [-0.3, -0.25) is 0 Å². The van der Waals surface area contributed by atoms with Gasteiger partial charge in [-0.1, -0.05) is 297 Å². The Morgan fingerprint density at radius 2 is 0.487 bits per heavy atom. The highest BCUT2D eigenvalue weighted by molar-refractivity contribution is 6.37. The van der Waals surface area contributed by atoms with Crippen LogP contribution in [0.3, 0.4) is 0 Å². The van der Waals surface area contributed by atoms with Crippen molar-refractivity contribution in [2.24, 2.45) is 0 Å². The molecule has 115 heavy (non-hydrogen) atoms. The van der Waals surface area contributed by atoms with Crippen LogP contribution in [0.15, 0.2) is 400 Å². The topological polar surface area (TPSA) is 51.8 Å². The van der Waals surface area contributed by atoms with Crippen molar-refractivity contribution in [3.05, 3.63) is 400 Å². The zero-order chi connectivity index (χ0) is 75.3. The molecule has 2 aliphatic rings. The second kappa shape index (κ2) is 25.6. The maximum Gasteiger partial charge on any atom is 0.164 e. The quantitative estimate of drug-likeness (QED) is 0.135. The average Bonchev–Trinajstić information content (AvgIpc) is 1.52. The second-order valence-corrected chi connectivity index (χ2v) is 30.4. The van der Waals surface area contributed by atoms with E-state index in [9.17, 15) is 0 Å². The van der Waals surface area contributed by atoms with Crippen LogP contribution in [-0.4, -0.2) is 24.1 Å². The molecule has 532 valence electrons. The predicted octanol–water partition coefficient (Wildman–Crippen LogP) is 29.3. The fraction of sp³-hybridized carbons (Fsp3) is 0. The molecule has 0 saturated heterocycles. The summed E-state index contributed by atoms with van der Waals surface area (Å²) >= 11 is 0. The van der Waals surface area contributed by atoms with Crippen molar-refractivity contribution < 1.29 is 0 Å². The molecule has 0 N–H and O–H groups in total. The first-order valence-corrected chi connectivity index (χ1v) is 39.5. The van der Waals surface area contributed by atoms with Crippen molar-refractivity contribution in [3.8, 4) is 101 Å². The minimum absolute atomic E-state index is 0.638. The van der Waals surface area contributed by atoms with Crippen molar-refractivity contribution in [1.29, 1.82) is 0 Å². The first-order valence-electron chi connectivity index (χ1n) is 39.5. The molecule has 0 atom stereocenters. The van der Waals surface area contributed by atoms with Gasteiger partial charge in [0.05, 0.1) is 22.1 Å². The van der Waals surface area contributed by atoms with Gasteiger partial charge in [0.15, 0.2) is 17.5 Å². The molecule has 6 nitrogen and oxygen atoms in total. The number of anilines is 3. The molecule has 0 spiro atoms. The van der Waals surface area contributed by atoms with Crippen LogP contribution >= 0.6 is 0 Å². The summed E-state index contributed by atoms with van der Waals surface area (Å²) in [6.07, 6.45) is 0. The summed E-state index contributed by atoms with van der Waals surface area (Å²) in [4.78, 5) is 17.5. The van der Waals surface area contributed by atoms with Crippen LogP contribution in [0.2, 0.25) is 0 Å². The van der Waals surface area contributed by atoms with E-state index in [0.29, 0.717) is 17.5 Å². The van der Waals surface area contributed by atoms with Crippen LogP contribution in [0.25, 0.3) is 220 Å². The fourth-order valence-corrected chi connectivity index (χ4v) is 19.3. The molecule has 6 heteroatoms. The summed E-state index contributed by atoms with van der Waals surface area (Å²) in [6, 6.07) is 145. The SMILES string of the molecule is c1ccc(-c2nc(-c3ccc(-n4c5cccc6c5c5c7c(cccc7ccc54)-c4c-6c5ccccc5c5ccccc45)cc3)nc(-c3ccc4ccccc4c3)n2)cc1.c1ccc(N(c2ccccc2)c2ccc(-c3ccc(-n4c5cccc6c5c5c7c(cccc7ccc54)-c4c-6c5ccccc5c5ccccc45)cc3)cc2)cc1. The molecule has 0 aliphatic heterocycles. The standard InChI is InChI=1S/C55H32N4.C54H34N2/c1-2-13-35(14-3-1)53-56-54(58-55(57-53)38-25-24-33-12-4-5-15-37(33)32-38)36-26-29-39(30-27-36)59-46-23-11-22-45-50-43-20-9-7-18-41(43)40-17-6-8-19-42(40)49(50)44-21-10-16-34-28-31-47(59)52(48(34)44)51(45)46;1-3-14-38(15-4-1)55(39-16-5-2-6-17-39)40-30-25-35(26-31-40)36-27-32-41(33-28-36)56-48-24-12-23-47-52-45-21-10-8-19-43(45)42-18-7-9-20-44(42)51(52)46-22-11-13-37-29-34-49(56)54(50(37)46)53(47)48/h1-32H;1-34H. The molecule has 3 heterocycles. The van der Waals surface area contributed by atoms with Crippen molar-refractivity contribution in [1.82, 2.24) is 24.1 Å². The van der Waals surface area contributed by atoms with Gasteiger partial charge in [0, 0.05) is 66.7 Å². The summed E-state index contributed by atoms with van der Waals surface area (Å²) < 4.78 is 4.91. The Kier molecular flexibility index (Phi) is 14.3. The van der Waals surface area contributed by atoms with Gasteiger partial charge in [0.2, 0.25) is 0 Å². The van der Waals surface area contributed by atoms with Crippen LogP contribution in [0, 0.1) is 0 Å². The van der Waals surface area contributed by atoms with Crippen LogP contribution in [-0.2, 0) is 0 Å². The van der Waals surface area contributed by atoms with E-state index in [-0.39, 0.29) is 0 Å². The van der Waals surface area contributed by atoms with Gasteiger partial charge in [-0.05, 0) is 234 Å². The van der Waals surface area contributed by atoms with E-state index in [1.807, 2.05) is 18.2 Å². The Labute approximate surface area is 662 Å². The van der Waals surface area contributed by atoms with Gasteiger partial charge in [0.25, 0.3) is 0 Å². The Bertz CT molecular complexity index is 7940. The number of fused-ring (bicyclic) bond motifs is 17. The Morgan fingerprint density at radius 3 is 0.930 bits per heavy atom. The zero-order valence-electron chi connectivity index (χ0n) is 62.3. The van der Waals surface area contributed by atoms with Gasteiger partial charge in [0.1, 0.15) is 0 Å². The van der Waals surface area contributed by atoms with Gasteiger partial charge in [-0.15, -0.1) is 0 Å². The number of rotatable bonds is 9. The minimum Gasteiger partial charge on any atom is -0.311 e. The molecule has 0 bridgehead atoms. The van der Waals surface area contributed by atoms with Gasteiger partial charge in [-0.25, -0.2) is 15.0 Å². The largest absolute Gasteiger partial charge is 0.311 e. The van der Waals surface area contributed by atoms with Gasteiger partial charge in [-0.2, -0.15) is 0 Å². The van der Waals surface area contributed by atoms with Crippen molar-refractivity contribution >= 4 is 136 Å². The molecule has 0 fully saturated rings. The van der Waals surface area contributed by atoms with Crippen molar-refractivity contribution in [2.45, 2.75) is 0 Å². The molecule has 23 aromatic rings. The van der Waals surface area contributed by atoms with E-state index < -0.39 is 0 Å². The third-order valence-electron chi connectivity index (χ3n) is 24.2.